The molecule has 0 aliphatic carbocycles. The first-order valence-corrected chi connectivity index (χ1v) is 8.18. The van der Waals surface area contributed by atoms with Gasteiger partial charge in [-0.1, -0.05) is 18.2 Å². The van der Waals surface area contributed by atoms with E-state index in [2.05, 4.69) is 5.32 Å². The maximum absolute atomic E-state index is 12.1. The summed E-state index contributed by atoms with van der Waals surface area (Å²) >= 11 is 1.14. The van der Waals surface area contributed by atoms with E-state index in [9.17, 15) is 13.2 Å². The molecule has 1 N–H and O–H groups in total. The molecule has 19 heavy (non-hydrogen) atoms. The Morgan fingerprint density at radius 2 is 2.26 bits per heavy atom. The molecule has 1 amide bonds. The van der Waals surface area contributed by atoms with Crippen LogP contribution < -0.4 is 5.32 Å². The second kappa shape index (κ2) is 7.42. The fraction of sp³-hybridized carbons (Fsp3) is 0.417. The van der Waals surface area contributed by atoms with Gasteiger partial charge in [0, 0.05) is 13.6 Å². The van der Waals surface area contributed by atoms with Gasteiger partial charge in [0.15, 0.2) is 0 Å². The largest absolute Gasteiger partial charge is 0.355 e. The van der Waals surface area contributed by atoms with Crippen LogP contribution in [0, 0.1) is 0 Å². The van der Waals surface area contributed by atoms with Crippen molar-refractivity contribution in [1.29, 1.82) is 0 Å². The van der Waals surface area contributed by atoms with Crippen molar-refractivity contribution in [1.82, 2.24) is 9.62 Å². The van der Waals surface area contributed by atoms with Crippen molar-refractivity contribution in [3.8, 4) is 0 Å². The number of amides is 1. The fourth-order valence-electron chi connectivity index (χ4n) is 1.37. The van der Waals surface area contributed by atoms with Crippen molar-refractivity contribution >= 4 is 27.3 Å². The second-order valence-corrected chi connectivity index (χ2v) is 7.12. The summed E-state index contributed by atoms with van der Waals surface area (Å²) in [6.45, 7) is 2.25. The summed E-state index contributed by atoms with van der Waals surface area (Å²) in [5, 5.41) is 4.37. The van der Waals surface area contributed by atoms with Crippen LogP contribution in [0.3, 0.4) is 0 Å². The monoisotopic (exact) mass is 302 g/mol. The molecule has 0 aromatic carbocycles. The third-order valence-electron chi connectivity index (χ3n) is 2.39. The number of likely N-dealkylation sites (N-methyl/N-ethyl adjacent to an activating group) is 1. The highest BCUT2D eigenvalue weighted by Gasteiger charge is 2.23. The first-order valence-electron chi connectivity index (χ1n) is 5.86. The highest BCUT2D eigenvalue weighted by Crippen LogP contribution is 2.19. The van der Waals surface area contributed by atoms with Crippen LogP contribution >= 0.6 is 11.3 Å². The molecule has 106 valence electrons. The molecular formula is C12H18N2O3S2. The average molecular weight is 302 g/mol. The summed E-state index contributed by atoms with van der Waals surface area (Å²) < 4.78 is 25.4. The normalized spacial score (nSPS) is 12.2. The summed E-state index contributed by atoms with van der Waals surface area (Å²) in [7, 11) is -2.15. The molecule has 1 aromatic heterocycles. The van der Waals surface area contributed by atoms with Crippen molar-refractivity contribution in [2.75, 3.05) is 20.1 Å². The lowest BCUT2D eigenvalue weighted by Gasteiger charge is -2.15. The Labute approximate surface area is 118 Å². The third kappa shape index (κ3) is 4.77. The predicted octanol–water partition coefficient (Wildman–Crippen LogP) is 1.45. The lowest BCUT2D eigenvalue weighted by molar-refractivity contribution is -0.121. The molecule has 0 radical (unpaired) electrons. The second-order valence-electron chi connectivity index (χ2n) is 3.90. The number of nitrogens with one attached hydrogen (secondary N) is 1. The van der Waals surface area contributed by atoms with E-state index in [1.54, 1.807) is 11.4 Å². The quantitative estimate of drug-likeness (QED) is 0.612. The van der Waals surface area contributed by atoms with Crippen molar-refractivity contribution in [2.45, 2.75) is 17.6 Å². The van der Waals surface area contributed by atoms with Gasteiger partial charge in [-0.2, -0.15) is 4.31 Å². The molecule has 0 aliphatic heterocycles. The molecule has 1 rings (SSSR count). The van der Waals surface area contributed by atoms with E-state index in [1.807, 2.05) is 19.1 Å². The van der Waals surface area contributed by atoms with E-state index in [0.29, 0.717) is 6.54 Å². The summed E-state index contributed by atoms with van der Waals surface area (Å²) in [4.78, 5) is 11.6. The minimum atomic E-state index is -3.55. The highest BCUT2D eigenvalue weighted by molar-refractivity contribution is 7.91. The molecule has 0 unspecified atom stereocenters. The summed E-state index contributed by atoms with van der Waals surface area (Å²) in [6, 6.07) is 3.20. The Balaban J connectivity index is 2.50. The standard InChI is InChI=1S/C12H18N2O3S2/c1-3-4-5-8-13-11(15)10-14(2)19(16,17)12-7-6-9-18-12/h3-4,6-7,9H,5,8,10H2,1-2H3,(H,13,15)/b4-3+. The fourth-order valence-corrected chi connectivity index (χ4v) is 3.70. The Hall–Kier alpha value is -1.18. The van der Waals surface area contributed by atoms with Crippen molar-refractivity contribution in [2.24, 2.45) is 0 Å². The minimum Gasteiger partial charge on any atom is -0.355 e. The van der Waals surface area contributed by atoms with E-state index in [4.69, 9.17) is 0 Å². The number of sulfonamides is 1. The zero-order valence-corrected chi connectivity index (χ0v) is 12.6. The molecule has 1 aromatic rings. The Bertz CT molecular complexity index is 521. The van der Waals surface area contributed by atoms with Gasteiger partial charge in [-0.3, -0.25) is 4.79 Å². The number of nitrogens with zero attached hydrogens (tertiary/aromatic N) is 1. The van der Waals surface area contributed by atoms with E-state index in [1.165, 1.54) is 13.1 Å². The number of allylic oxidation sites excluding steroid dienone is 1. The predicted molar refractivity (Wildman–Crippen MR) is 76.6 cm³/mol. The smallest absolute Gasteiger partial charge is 0.252 e. The number of hydrogen-bond donors (Lipinski definition) is 1. The zero-order chi connectivity index (χ0) is 14.3. The van der Waals surface area contributed by atoms with Gasteiger partial charge in [-0.25, -0.2) is 8.42 Å². The lowest BCUT2D eigenvalue weighted by atomic mass is 10.4. The molecule has 0 aliphatic rings. The Morgan fingerprint density at radius 1 is 1.53 bits per heavy atom. The number of carbonyl (C=O) groups is 1. The van der Waals surface area contributed by atoms with Gasteiger partial charge in [0.2, 0.25) is 5.91 Å². The number of thiophene rings is 1. The van der Waals surface area contributed by atoms with Crippen LogP contribution in [0.5, 0.6) is 0 Å². The average Bonchev–Trinajstić information content (AvgIpc) is 2.89. The van der Waals surface area contributed by atoms with Crippen molar-refractivity contribution in [3.63, 3.8) is 0 Å². The summed E-state index contributed by atoms with van der Waals surface area (Å²) in [5.41, 5.74) is 0. The molecule has 0 atom stereocenters. The number of rotatable bonds is 7. The van der Waals surface area contributed by atoms with Crippen LogP contribution in [-0.4, -0.2) is 38.8 Å². The summed E-state index contributed by atoms with van der Waals surface area (Å²) in [6.07, 6.45) is 4.58. The van der Waals surface area contributed by atoms with Gasteiger partial charge < -0.3 is 5.32 Å². The van der Waals surface area contributed by atoms with Gasteiger partial charge in [-0.15, -0.1) is 11.3 Å². The van der Waals surface area contributed by atoms with Gasteiger partial charge in [0.05, 0.1) is 6.54 Å². The van der Waals surface area contributed by atoms with Gasteiger partial charge >= 0.3 is 0 Å². The van der Waals surface area contributed by atoms with Crippen LogP contribution in [0.1, 0.15) is 13.3 Å². The van der Waals surface area contributed by atoms with Crippen molar-refractivity contribution in [3.05, 3.63) is 29.7 Å². The molecule has 0 bridgehead atoms. The topological polar surface area (TPSA) is 66.5 Å². The van der Waals surface area contributed by atoms with Crippen LogP contribution in [0.4, 0.5) is 0 Å². The summed E-state index contributed by atoms with van der Waals surface area (Å²) in [5.74, 6) is -0.299. The molecule has 0 saturated carbocycles. The van der Waals surface area contributed by atoms with E-state index < -0.39 is 10.0 Å². The Morgan fingerprint density at radius 3 is 2.84 bits per heavy atom. The molecule has 1 heterocycles. The minimum absolute atomic E-state index is 0.171. The van der Waals surface area contributed by atoms with E-state index >= 15 is 0 Å². The molecule has 0 fully saturated rings. The third-order valence-corrected chi connectivity index (χ3v) is 5.57. The number of carbonyl (C=O) groups excluding carboxylic acids is 1. The van der Waals surface area contributed by atoms with Crippen LogP contribution in [-0.2, 0) is 14.8 Å². The lowest BCUT2D eigenvalue weighted by Crippen LogP contribution is -2.38. The first kappa shape index (κ1) is 15.9. The Kier molecular flexibility index (Phi) is 6.20. The van der Waals surface area contributed by atoms with Crippen LogP contribution in [0.2, 0.25) is 0 Å². The van der Waals surface area contributed by atoms with Gasteiger partial charge in [-0.05, 0) is 24.8 Å². The molecular weight excluding hydrogens is 284 g/mol. The van der Waals surface area contributed by atoms with Gasteiger partial charge in [0.1, 0.15) is 4.21 Å². The SMILES string of the molecule is C/C=C/CCNC(=O)CN(C)S(=O)(=O)c1cccs1. The van der Waals surface area contributed by atoms with E-state index in [-0.39, 0.29) is 16.7 Å². The number of hydrogen-bond acceptors (Lipinski definition) is 4. The molecule has 0 saturated heterocycles. The first-order chi connectivity index (χ1) is 8.98. The van der Waals surface area contributed by atoms with Gasteiger partial charge in [0.25, 0.3) is 10.0 Å². The zero-order valence-electron chi connectivity index (χ0n) is 11.0. The van der Waals surface area contributed by atoms with Crippen molar-refractivity contribution < 1.29 is 13.2 Å². The maximum Gasteiger partial charge on any atom is 0.252 e. The van der Waals surface area contributed by atoms with Crippen LogP contribution in [0.25, 0.3) is 0 Å². The molecule has 7 heteroatoms. The van der Waals surface area contributed by atoms with Crippen LogP contribution in [0.15, 0.2) is 33.9 Å². The maximum atomic E-state index is 12.1. The van der Waals surface area contributed by atoms with E-state index in [0.717, 1.165) is 22.1 Å². The molecule has 5 nitrogen and oxygen atoms in total. The molecule has 0 spiro atoms. The highest BCUT2D eigenvalue weighted by atomic mass is 32.2.